The Balaban J connectivity index is 1.71. The number of aryl methyl sites for hydroxylation is 1. The van der Waals surface area contributed by atoms with Crippen LogP contribution in [0, 0.1) is 6.92 Å². The number of methoxy groups -OCH3 is 1. The lowest BCUT2D eigenvalue weighted by Gasteiger charge is -2.11. The zero-order valence-corrected chi connectivity index (χ0v) is 16.2. The number of hydrogen-bond acceptors (Lipinski definition) is 6. The Bertz CT molecular complexity index is 1030. The van der Waals surface area contributed by atoms with Crippen LogP contribution in [-0.4, -0.2) is 23.5 Å². The van der Waals surface area contributed by atoms with Crippen LogP contribution in [0.1, 0.15) is 16.7 Å². The zero-order valence-electron chi connectivity index (χ0n) is 15.4. The van der Waals surface area contributed by atoms with E-state index in [1.165, 1.54) is 11.8 Å². The zero-order chi connectivity index (χ0) is 19.9. The molecule has 2 N–H and O–H groups in total. The van der Waals surface area contributed by atoms with Gasteiger partial charge in [-0.05, 0) is 36.2 Å². The van der Waals surface area contributed by atoms with Crippen molar-refractivity contribution in [2.45, 2.75) is 13.5 Å². The molecule has 7 nitrogen and oxygen atoms in total. The lowest BCUT2D eigenvalue weighted by molar-refractivity contribution is 0.284. The monoisotopic (exact) mass is 398 g/mol. The minimum absolute atomic E-state index is 0.0102. The average Bonchev–Trinajstić information content (AvgIpc) is 2.71. The number of rotatable bonds is 7. The molecule has 0 aliphatic carbocycles. The van der Waals surface area contributed by atoms with Crippen LogP contribution in [0.4, 0.5) is 5.69 Å². The van der Waals surface area contributed by atoms with Crippen molar-refractivity contribution in [2.24, 2.45) is 5.10 Å². The van der Waals surface area contributed by atoms with Crippen LogP contribution in [0.15, 0.2) is 58.6 Å². The highest BCUT2D eigenvalue weighted by atomic mass is 35.5. The number of ether oxygens (including phenoxy) is 2. The number of aromatic amines is 1. The molecule has 0 spiro atoms. The normalized spacial score (nSPS) is 10.8. The van der Waals surface area contributed by atoms with Gasteiger partial charge in [0.1, 0.15) is 17.3 Å². The van der Waals surface area contributed by atoms with Gasteiger partial charge < -0.3 is 9.47 Å². The predicted octanol–water partition coefficient (Wildman–Crippen LogP) is 3.77. The van der Waals surface area contributed by atoms with Gasteiger partial charge in [-0.25, -0.2) is 5.10 Å². The summed E-state index contributed by atoms with van der Waals surface area (Å²) >= 11 is 5.89. The summed E-state index contributed by atoms with van der Waals surface area (Å²) in [6.07, 6.45) is 2.96. The van der Waals surface area contributed by atoms with Gasteiger partial charge in [0.15, 0.2) is 11.5 Å². The van der Waals surface area contributed by atoms with E-state index in [0.29, 0.717) is 23.8 Å². The number of nitrogens with one attached hydrogen (secondary N) is 2. The Hall–Kier alpha value is -3.32. The Morgan fingerprint density at radius 2 is 2.00 bits per heavy atom. The Kier molecular flexibility index (Phi) is 6.29. The van der Waals surface area contributed by atoms with Gasteiger partial charge in [-0.15, -0.1) is 0 Å². The van der Waals surface area contributed by atoms with Crippen LogP contribution in [0.3, 0.4) is 0 Å². The summed E-state index contributed by atoms with van der Waals surface area (Å²) in [6, 6.07) is 13.6. The minimum atomic E-state index is -0.488. The molecule has 144 valence electrons. The maximum atomic E-state index is 11.4. The van der Waals surface area contributed by atoms with E-state index in [1.54, 1.807) is 19.4 Å². The molecule has 0 fully saturated rings. The van der Waals surface area contributed by atoms with Crippen molar-refractivity contribution in [3.63, 3.8) is 0 Å². The molecule has 3 aromatic rings. The molecule has 0 amide bonds. The van der Waals surface area contributed by atoms with Crippen LogP contribution < -0.4 is 20.5 Å². The number of benzene rings is 2. The standard InChI is InChI=1S/C20H19ClN4O3/c1-13-3-5-14(6-4-13)12-28-18-9-15(7-8-17(18)27-2)10-22-24-16-11-23-25-20(26)19(16)21/h3-11H,12H2,1-2H3,(H2,24,25,26)/b22-10-. The molecule has 8 heteroatoms. The fraction of sp³-hybridized carbons (Fsp3) is 0.150. The minimum Gasteiger partial charge on any atom is -0.493 e. The van der Waals surface area contributed by atoms with E-state index in [4.69, 9.17) is 21.1 Å². The van der Waals surface area contributed by atoms with Crippen molar-refractivity contribution in [3.8, 4) is 11.5 Å². The fourth-order valence-corrected chi connectivity index (χ4v) is 2.50. The lowest BCUT2D eigenvalue weighted by Crippen LogP contribution is -2.10. The van der Waals surface area contributed by atoms with Crippen molar-refractivity contribution in [1.29, 1.82) is 0 Å². The number of H-pyrrole nitrogens is 1. The molecule has 2 aromatic carbocycles. The molecule has 0 aliphatic heterocycles. The molecule has 0 radical (unpaired) electrons. The SMILES string of the molecule is COc1ccc(/C=N\Nc2cn[nH]c(=O)c2Cl)cc1OCc1ccc(C)cc1. The maximum Gasteiger partial charge on any atom is 0.285 e. The molecule has 0 saturated carbocycles. The number of hydrazone groups is 1. The van der Waals surface area contributed by atoms with Gasteiger partial charge in [-0.3, -0.25) is 10.2 Å². The first kappa shape index (κ1) is 19.4. The number of nitrogens with zero attached hydrogens (tertiary/aromatic N) is 2. The van der Waals surface area contributed by atoms with Gasteiger partial charge in [0.25, 0.3) is 5.56 Å². The van der Waals surface area contributed by atoms with Crippen molar-refractivity contribution >= 4 is 23.5 Å². The molecule has 0 saturated heterocycles. The molecular formula is C20H19ClN4O3. The highest BCUT2D eigenvalue weighted by Crippen LogP contribution is 2.28. The van der Waals surface area contributed by atoms with Crippen LogP contribution in [0.5, 0.6) is 11.5 Å². The lowest BCUT2D eigenvalue weighted by atomic mass is 10.1. The first-order valence-corrected chi connectivity index (χ1v) is 8.83. The number of aromatic nitrogens is 2. The molecule has 1 aromatic heterocycles. The van der Waals surface area contributed by atoms with Crippen molar-refractivity contribution in [1.82, 2.24) is 10.2 Å². The maximum absolute atomic E-state index is 11.4. The van der Waals surface area contributed by atoms with Crippen LogP contribution in [0.2, 0.25) is 5.02 Å². The highest BCUT2D eigenvalue weighted by Gasteiger charge is 2.06. The van der Waals surface area contributed by atoms with Gasteiger partial charge in [-0.1, -0.05) is 41.4 Å². The Morgan fingerprint density at radius 3 is 2.75 bits per heavy atom. The largest absolute Gasteiger partial charge is 0.493 e. The first-order chi connectivity index (χ1) is 13.6. The van der Waals surface area contributed by atoms with E-state index >= 15 is 0 Å². The van der Waals surface area contributed by atoms with Gasteiger partial charge in [-0.2, -0.15) is 10.2 Å². The summed E-state index contributed by atoms with van der Waals surface area (Å²) in [6.45, 7) is 2.46. The Morgan fingerprint density at radius 1 is 1.21 bits per heavy atom. The molecule has 3 rings (SSSR count). The summed E-state index contributed by atoms with van der Waals surface area (Å²) in [7, 11) is 1.59. The highest BCUT2D eigenvalue weighted by molar-refractivity contribution is 6.32. The van der Waals surface area contributed by atoms with E-state index in [9.17, 15) is 4.79 Å². The van der Waals surface area contributed by atoms with Gasteiger partial charge in [0.05, 0.1) is 19.5 Å². The third-order valence-electron chi connectivity index (χ3n) is 3.90. The number of hydrogen-bond donors (Lipinski definition) is 2. The van der Waals surface area contributed by atoms with E-state index in [2.05, 4.69) is 20.7 Å². The summed E-state index contributed by atoms with van der Waals surface area (Å²) in [5.41, 5.74) is 5.56. The van der Waals surface area contributed by atoms with E-state index in [0.717, 1.165) is 11.1 Å². The van der Waals surface area contributed by atoms with Crippen LogP contribution in [-0.2, 0) is 6.61 Å². The fourth-order valence-electron chi connectivity index (χ4n) is 2.37. The second-order valence-electron chi connectivity index (χ2n) is 5.98. The van der Waals surface area contributed by atoms with Crippen LogP contribution >= 0.6 is 11.6 Å². The second kappa shape index (κ2) is 9.05. The van der Waals surface area contributed by atoms with Crippen LogP contribution in [0.25, 0.3) is 0 Å². The molecule has 1 heterocycles. The summed E-state index contributed by atoms with van der Waals surface area (Å²) in [4.78, 5) is 11.4. The van der Waals surface area contributed by atoms with Gasteiger partial charge in [0.2, 0.25) is 0 Å². The third-order valence-corrected chi connectivity index (χ3v) is 4.27. The second-order valence-corrected chi connectivity index (χ2v) is 6.36. The smallest absolute Gasteiger partial charge is 0.285 e. The number of anilines is 1. The quantitative estimate of drug-likeness (QED) is 0.467. The number of halogens is 1. The first-order valence-electron chi connectivity index (χ1n) is 8.45. The molecule has 0 atom stereocenters. The topological polar surface area (TPSA) is 88.6 Å². The van der Waals surface area contributed by atoms with E-state index in [1.807, 2.05) is 43.3 Å². The van der Waals surface area contributed by atoms with Crippen molar-refractivity contribution in [3.05, 3.63) is 80.7 Å². The molecule has 0 bridgehead atoms. The molecule has 28 heavy (non-hydrogen) atoms. The molecule has 0 unspecified atom stereocenters. The molecular weight excluding hydrogens is 380 g/mol. The third kappa shape index (κ3) is 4.89. The Labute approximate surface area is 167 Å². The van der Waals surface area contributed by atoms with Gasteiger partial charge in [0, 0.05) is 0 Å². The summed E-state index contributed by atoms with van der Waals surface area (Å²) < 4.78 is 11.3. The van der Waals surface area contributed by atoms with E-state index in [-0.39, 0.29) is 5.02 Å². The average molecular weight is 399 g/mol. The summed E-state index contributed by atoms with van der Waals surface area (Å²) in [5.74, 6) is 1.22. The van der Waals surface area contributed by atoms with Gasteiger partial charge >= 0.3 is 0 Å². The summed E-state index contributed by atoms with van der Waals surface area (Å²) in [5, 5.41) is 9.99. The van der Waals surface area contributed by atoms with E-state index < -0.39 is 5.56 Å². The van der Waals surface area contributed by atoms with Crippen molar-refractivity contribution in [2.75, 3.05) is 12.5 Å². The van der Waals surface area contributed by atoms with Crippen molar-refractivity contribution < 1.29 is 9.47 Å². The molecule has 0 aliphatic rings. The predicted molar refractivity (Wildman–Crippen MR) is 110 cm³/mol.